The van der Waals surface area contributed by atoms with E-state index in [0.717, 1.165) is 28.1 Å². The quantitative estimate of drug-likeness (QED) is 0.476. The van der Waals surface area contributed by atoms with Crippen molar-refractivity contribution in [1.82, 2.24) is 14.5 Å². The normalized spacial score (nSPS) is 12.8. The molecule has 2 aromatic carbocycles. The Morgan fingerprint density at radius 2 is 1.89 bits per heavy atom. The number of carbonyl (C=O) groups excluding carboxylic acids is 1. The lowest BCUT2D eigenvalue weighted by atomic mass is 10.1. The van der Waals surface area contributed by atoms with Crippen molar-refractivity contribution in [1.29, 1.82) is 0 Å². The number of fused-ring (bicyclic) bond motifs is 1. The molecule has 5 rings (SSSR count). The van der Waals surface area contributed by atoms with Crippen LogP contribution in [0, 0.1) is 13.8 Å². The van der Waals surface area contributed by atoms with E-state index in [4.69, 9.17) is 5.73 Å². The topological polar surface area (TPSA) is 106 Å². The fourth-order valence-corrected chi connectivity index (χ4v) is 4.42. The number of benzene rings is 2. The van der Waals surface area contributed by atoms with E-state index in [9.17, 15) is 9.59 Å². The summed E-state index contributed by atoms with van der Waals surface area (Å²) in [5.74, 6) is 0.0984. The van der Waals surface area contributed by atoms with Crippen LogP contribution in [0.15, 0.2) is 71.8 Å². The largest absolute Gasteiger partial charge is 0.368 e. The molecule has 0 bridgehead atoms. The smallest absolute Gasteiger partial charge is 0.278 e. The molecule has 0 unspecified atom stereocenters. The minimum atomic E-state index is -0.174. The van der Waals surface area contributed by atoms with Crippen LogP contribution in [0.5, 0.6) is 0 Å². The Labute approximate surface area is 203 Å². The average molecular weight is 467 g/mol. The van der Waals surface area contributed by atoms with Gasteiger partial charge in [0.25, 0.3) is 11.5 Å². The third-order valence-corrected chi connectivity index (χ3v) is 6.22. The molecule has 3 heterocycles. The summed E-state index contributed by atoms with van der Waals surface area (Å²) >= 11 is 0. The Morgan fingerprint density at radius 1 is 1.09 bits per heavy atom. The molecule has 0 radical (unpaired) electrons. The van der Waals surface area contributed by atoms with Crippen LogP contribution < -0.4 is 21.5 Å². The van der Waals surface area contributed by atoms with Crippen molar-refractivity contribution in [3.63, 3.8) is 0 Å². The second-order valence-electron chi connectivity index (χ2n) is 8.76. The number of hydrogen-bond acceptors (Lipinski definition) is 6. The number of aryl methyl sites for hydroxylation is 2. The molecule has 0 saturated heterocycles. The molecule has 4 aromatic rings. The molecule has 35 heavy (non-hydrogen) atoms. The summed E-state index contributed by atoms with van der Waals surface area (Å²) in [7, 11) is 0. The number of nitrogens with one attached hydrogen (secondary N) is 1. The van der Waals surface area contributed by atoms with Crippen LogP contribution in [-0.4, -0.2) is 27.0 Å². The van der Waals surface area contributed by atoms with Crippen molar-refractivity contribution in [3.05, 3.63) is 105 Å². The Balaban J connectivity index is 1.39. The highest BCUT2D eigenvalue weighted by atomic mass is 16.1. The molecule has 0 spiro atoms. The first kappa shape index (κ1) is 22.3. The van der Waals surface area contributed by atoms with Crippen LogP contribution in [0.4, 0.5) is 17.3 Å². The molecule has 8 nitrogen and oxygen atoms in total. The highest BCUT2D eigenvalue weighted by molar-refractivity contribution is 6.04. The van der Waals surface area contributed by atoms with E-state index in [-0.39, 0.29) is 17.4 Å². The fraction of sp³-hybridized carbons (Fsp3) is 0.185. The van der Waals surface area contributed by atoms with Gasteiger partial charge in [0.1, 0.15) is 5.69 Å². The zero-order valence-electron chi connectivity index (χ0n) is 19.7. The van der Waals surface area contributed by atoms with Gasteiger partial charge in [-0.15, -0.1) is 0 Å². The second-order valence-corrected chi connectivity index (χ2v) is 8.76. The van der Waals surface area contributed by atoms with Crippen molar-refractivity contribution in [2.75, 3.05) is 22.5 Å². The first-order valence-electron chi connectivity index (χ1n) is 11.4. The molecule has 0 atom stereocenters. The maximum Gasteiger partial charge on any atom is 0.278 e. The maximum absolute atomic E-state index is 13.5. The highest BCUT2D eigenvalue weighted by Crippen LogP contribution is 2.24. The second kappa shape index (κ2) is 9.06. The predicted octanol–water partition coefficient (Wildman–Crippen LogP) is 3.64. The summed E-state index contributed by atoms with van der Waals surface area (Å²) in [5.41, 5.74) is 12.1. The van der Waals surface area contributed by atoms with E-state index in [0.29, 0.717) is 36.4 Å². The summed E-state index contributed by atoms with van der Waals surface area (Å²) in [6, 6.07) is 16.6. The number of hydrogen-bond donors (Lipinski definition) is 2. The summed E-state index contributed by atoms with van der Waals surface area (Å²) in [6.45, 7) is 5.12. The number of rotatable bonds is 4. The number of nitrogens with two attached hydrogens (primary N) is 1. The average Bonchev–Trinajstić information content (AvgIpc) is 2.85. The summed E-state index contributed by atoms with van der Waals surface area (Å²) < 4.78 is 1.63. The fourth-order valence-electron chi connectivity index (χ4n) is 4.42. The summed E-state index contributed by atoms with van der Waals surface area (Å²) in [5, 5.41) is 2.91. The van der Waals surface area contributed by atoms with Gasteiger partial charge in [-0.2, -0.15) is 0 Å². The van der Waals surface area contributed by atoms with Gasteiger partial charge in [0.05, 0.1) is 5.69 Å². The number of nitrogens with zero attached hydrogens (tertiary/aromatic N) is 4. The number of aromatic nitrogens is 3. The predicted molar refractivity (Wildman–Crippen MR) is 137 cm³/mol. The Morgan fingerprint density at radius 3 is 2.66 bits per heavy atom. The first-order chi connectivity index (χ1) is 16.9. The van der Waals surface area contributed by atoms with Crippen molar-refractivity contribution >= 4 is 23.2 Å². The van der Waals surface area contributed by atoms with Crippen molar-refractivity contribution in [2.24, 2.45) is 0 Å². The number of carbonyl (C=O) groups is 1. The van der Waals surface area contributed by atoms with Gasteiger partial charge in [0, 0.05) is 54.4 Å². The molecule has 0 aliphatic carbocycles. The van der Waals surface area contributed by atoms with Gasteiger partial charge < -0.3 is 16.0 Å². The number of anilines is 3. The zero-order chi connectivity index (χ0) is 24.5. The first-order valence-corrected chi connectivity index (χ1v) is 11.4. The van der Waals surface area contributed by atoms with E-state index >= 15 is 0 Å². The molecule has 176 valence electrons. The SMILES string of the molecule is Cc1cccc(C(=O)Nc2ccc(-n3ccc(C)c(N4CCc5nc(N)ncc5C4)c3=O)cc2)c1. The van der Waals surface area contributed by atoms with Crippen LogP contribution in [0.25, 0.3) is 5.69 Å². The lowest BCUT2D eigenvalue weighted by Gasteiger charge is -2.30. The molecule has 1 aliphatic rings. The van der Waals surface area contributed by atoms with E-state index in [1.165, 1.54) is 0 Å². The standard InChI is InChI=1S/C27H26N6O2/c1-17-4-3-5-19(14-17)25(34)30-21-6-8-22(9-7-21)33-13-10-18(2)24(26(33)35)32-12-11-23-20(16-32)15-29-27(28)31-23/h3-10,13-15H,11-12,16H2,1-2H3,(H,30,34)(H2,28,29,31). The van der Waals surface area contributed by atoms with Gasteiger partial charge >= 0.3 is 0 Å². The Hall–Kier alpha value is -4.46. The minimum Gasteiger partial charge on any atom is -0.368 e. The van der Waals surface area contributed by atoms with Crippen LogP contribution in [-0.2, 0) is 13.0 Å². The van der Waals surface area contributed by atoms with Crippen LogP contribution in [0.1, 0.15) is 32.7 Å². The van der Waals surface area contributed by atoms with Crippen molar-refractivity contribution < 1.29 is 4.79 Å². The number of nitrogen functional groups attached to an aromatic ring is 1. The van der Waals surface area contributed by atoms with E-state index < -0.39 is 0 Å². The van der Waals surface area contributed by atoms with E-state index in [1.54, 1.807) is 35.2 Å². The lowest BCUT2D eigenvalue weighted by molar-refractivity contribution is 0.102. The maximum atomic E-state index is 13.5. The molecule has 3 N–H and O–H groups in total. The molecule has 0 fully saturated rings. The van der Waals surface area contributed by atoms with Crippen molar-refractivity contribution in [3.8, 4) is 5.69 Å². The Kier molecular flexibility index (Phi) is 5.78. The summed E-state index contributed by atoms with van der Waals surface area (Å²) in [6.07, 6.45) is 4.22. The molecular weight excluding hydrogens is 440 g/mol. The molecule has 2 aromatic heterocycles. The third-order valence-electron chi connectivity index (χ3n) is 6.22. The lowest BCUT2D eigenvalue weighted by Crippen LogP contribution is -2.37. The number of amides is 1. The number of pyridine rings is 1. The molecule has 8 heteroatoms. The monoisotopic (exact) mass is 466 g/mol. The minimum absolute atomic E-state index is 0.0960. The third kappa shape index (κ3) is 4.50. The highest BCUT2D eigenvalue weighted by Gasteiger charge is 2.23. The van der Waals surface area contributed by atoms with Crippen LogP contribution >= 0.6 is 0 Å². The van der Waals surface area contributed by atoms with Gasteiger partial charge in [0.2, 0.25) is 5.95 Å². The molecular formula is C27H26N6O2. The van der Waals surface area contributed by atoms with Gasteiger partial charge in [-0.05, 0) is 61.9 Å². The molecule has 0 saturated carbocycles. The van der Waals surface area contributed by atoms with Gasteiger partial charge in [-0.1, -0.05) is 17.7 Å². The Bertz CT molecular complexity index is 1480. The molecule has 1 amide bonds. The van der Waals surface area contributed by atoms with Crippen molar-refractivity contribution in [2.45, 2.75) is 26.8 Å². The zero-order valence-corrected chi connectivity index (χ0v) is 19.7. The van der Waals surface area contributed by atoms with E-state index in [2.05, 4.69) is 20.2 Å². The van der Waals surface area contributed by atoms with Crippen LogP contribution in [0.3, 0.4) is 0 Å². The van der Waals surface area contributed by atoms with Gasteiger partial charge in [-0.3, -0.25) is 14.2 Å². The van der Waals surface area contributed by atoms with Crippen LogP contribution in [0.2, 0.25) is 0 Å². The van der Waals surface area contributed by atoms with Gasteiger partial charge in [-0.25, -0.2) is 9.97 Å². The molecule has 1 aliphatic heterocycles. The van der Waals surface area contributed by atoms with E-state index in [1.807, 2.05) is 50.2 Å². The van der Waals surface area contributed by atoms with Gasteiger partial charge in [0.15, 0.2) is 0 Å². The summed E-state index contributed by atoms with van der Waals surface area (Å²) in [4.78, 5) is 36.6.